The molecule has 0 heterocycles. The summed E-state index contributed by atoms with van der Waals surface area (Å²) < 4.78 is 11.0. The molecule has 168 valence electrons. The number of hydrogen-bond donors (Lipinski definition) is 0. The Morgan fingerprint density at radius 2 is 1.47 bits per heavy atom. The Bertz CT molecular complexity index is 608. The lowest BCUT2D eigenvalue weighted by molar-refractivity contribution is 0.0238. The molecule has 3 rings (SSSR count). The van der Waals surface area contributed by atoms with E-state index in [2.05, 4.69) is 26.0 Å². The summed E-state index contributed by atoms with van der Waals surface area (Å²) in [6.45, 7) is 4.52. The summed E-state index contributed by atoms with van der Waals surface area (Å²) in [5.41, 5.74) is 1.30. The molecule has 0 unspecified atom stereocenters. The summed E-state index contributed by atoms with van der Waals surface area (Å²) in [5, 5.41) is 0. The standard InChI is InChI=1S/C27H42O3/c1-3-5-6-8-22-11-17-25(18-12-22)29-27(28)30-26-19-15-24(16-20-26)23-13-9-21(7-4-2)10-14-23/h11-12,17-18,21,23-24,26H,3-10,13-16,19-20H2,1-2H3. The third-order valence-corrected chi connectivity index (χ3v) is 7.43. The number of carbonyl (C=O) groups is 1. The van der Waals surface area contributed by atoms with E-state index in [1.54, 1.807) is 0 Å². The van der Waals surface area contributed by atoms with Crippen molar-refractivity contribution < 1.29 is 14.3 Å². The molecular weight excluding hydrogens is 372 g/mol. The van der Waals surface area contributed by atoms with E-state index in [4.69, 9.17) is 9.47 Å². The molecule has 2 aliphatic rings. The molecule has 0 aromatic heterocycles. The van der Waals surface area contributed by atoms with Crippen molar-refractivity contribution in [1.29, 1.82) is 0 Å². The summed E-state index contributed by atoms with van der Waals surface area (Å²) in [4.78, 5) is 12.2. The molecule has 0 bridgehead atoms. The van der Waals surface area contributed by atoms with Crippen LogP contribution in [0.3, 0.4) is 0 Å². The largest absolute Gasteiger partial charge is 0.514 e. The van der Waals surface area contributed by atoms with Crippen LogP contribution in [0.25, 0.3) is 0 Å². The molecule has 0 saturated heterocycles. The van der Waals surface area contributed by atoms with E-state index in [1.165, 1.54) is 76.2 Å². The average Bonchev–Trinajstić information content (AvgIpc) is 2.76. The second kappa shape index (κ2) is 12.4. The zero-order valence-corrected chi connectivity index (χ0v) is 19.2. The van der Waals surface area contributed by atoms with Crippen LogP contribution in [-0.4, -0.2) is 12.3 Å². The molecule has 2 saturated carbocycles. The third kappa shape index (κ3) is 7.32. The molecule has 2 aliphatic carbocycles. The van der Waals surface area contributed by atoms with Gasteiger partial charge in [0, 0.05) is 0 Å². The summed E-state index contributed by atoms with van der Waals surface area (Å²) in [5.74, 6) is 3.30. The molecule has 0 amide bonds. The van der Waals surface area contributed by atoms with Gasteiger partial charge >= 0.3 is 6.16 Å². The zero-order chi connectivity index (χ0) is 21.2. The van der Waals surface area contributed by atoms with Crippen LogP contribution in [-0.2, 0) is 11.2 Å². The fourth-order valence-electron chi connectivity index (χ4n) is 5.59. The predicted molar refractivity (Wildman–Crippen MR) is 123 cm³/mol. The van der Waals surface area contributed by atoms with Gasteiger partial charge in [0.05, 0.1) is 0 Å². The quantitative estimate of drug-likeness (QED) is 0.233. The lowest BCUT2D eigenvalue weighted by Crippen LogP contribution is -2.30. The lowest BCUT2D eigenvalue weighted by Gasteiger charge is -2.37. The molecule has 2 fully saturated rings. The number of aryl methyl sites for hydroxylation is 1. The smallest absolute Gasteiger partial charge is 0.431 e. The third-order valence-electron chi connectivity index (χ3n) is 7.43. The first-order chi connectivity index (χ1) is 14.7. The van der Waals surface area contributed by atoms with Crippen LogP contribution in [0.15, 0.2) is 24.3 Å². The molecule has 1 aromatic carbocycles. The maximum atomic E-state index is 12.2. The van der Waals surface area contributed by atoms with Crippen molar-refractivity contribution >= 4 is 6.16 Å². The molecule has 0 N–H and O–H groups in total. The van der Waals surface area contributed by atoms with E-state index in [0.717, 1.165) is 37.0 Å². The first-order valence-corrected chi connectivity index (χ1v) is 12.6. The molecule has 30 heavy (non-hydrogen) atoms. The highest BCUT2D eigenvalue weighted by Crippen LogP contribution is 2.41. The van der Waals surface area contributed by atoms with Crippen LogP contribution in [0.1, 0.15) is 103 Å². The van der Waals surface area contributed by atoms with Gasteiger partial charge in [-0.2, -0.15) is 0 Å². The first-order valence-electron chi connectivity index (χ1n) is 12.6. The molecule has 3 heteroatoms. The van der Waals surface area contributed by atoms with Crippen molar-refractivity contribution in [1.82, 2.24) is 0 Å². The average molecular weight is 415 g/mol. The predicted octanol–water partition coefficient (Wildman–Crippen LogP) is 8.10. The monoisotopic (exact) mass is 414 g/mol. The highest BCUT2D eigenvalue weighted by Gasteiger charge is 2.32. The molecule has 0 spiro atoms. The molecule has 3 nitrogen and oxygen atoms in total. The first kappa shape index (κ1) is 23.2. The van der Waals surface area contributed by atoms with E-state index < -0.39 is 6.16 Å². The number of hydrogen-bond acceptors (Lipinski definition) is 3. The minimum atomic E-state index is -0.544. The van der Waals surface area contributed by atoms with Gasteiger partial charge in [-0.05, 0) is 86.8 Å². The van der Waals surface area contributed by atoms with Crippen molar-refractivity contribution in [2.75, 3.05) is 0 Å². The zero-order valence-electron chi connectivity index (χ0n) is 19.2. The molecule has 0 aliphatic heterocycles. The SMILES string of the molecule is CCCCCc1ccc(OC(=O)OC2CCC(C3CCC(CCC)CC3)CC2)cc1. The normalized spacial score (nSPS) is 26.9. The van der Waals surface area contributed by atoms with Crippen molar-refractivity contribution in [2.24, 2.45) is 17.8 Å². The van der Waals surface area contributed by atoms with Crippen LogP contribution in [0.2, 0.25) is 0 Å². The summed E-state index contributed by atoms with van der Waals surface area (Å²) in [6, 6.07) is 7.88. The summed E-state index contributed by atoms with van der Waals surface area (Å²) >= 11 is 0. The fraction of sp³-hybridized carbons (Fsp3) is 0.741. The highest BCUT2D eigenvalue weighted by atomic mass is 16.7. The highest BCUT2D eigenvalue weighted by molar-refractivity contribution is 5.64. The van der Waals surface area contributed by atoms with Gasteiger partial charge in [-0.3, -0.25) is 0 Å². The van der Waals surface area contributed by atoms with Crippen LogP contribution in [0.4, 0.5) is 4.79 Å². The van der Waals surface area contributed by atoms with E-state index in [9.17, 15) is 4.79 Å². The second-order valence-electron chi connectivity index (χ2n) is 9.68. The topological polar surface area (TPSA) is 35.5 Å². The number of unbranched alkanes of at least 4 members (excludes halogenated alkanes) is 2. The Labute approximate surface area is 183 Å². The van der Waals surface area contributed by atoms with Gasteiger partial charge < -0.3 is 9.47 Å². The molecule has 0 radical (unpaired) electrons. The molecular formula is C27H42O3. The Morgan fingerprint density at radius 1 is 0.833 bits per heavy atom. The molecule has 1 aromatic rings. The van der Waals surface area contributed by atoms with Crippen LogP contribution in [0, 0.1) is 17.8 Å². The maximum absolute atomic E-state index is 12.2. The number of rotatable bonds is 9. The van der Waals surface area contributed by atoms with E-state index in [0.29, 0.717) is 5.75 Å². The lowest BCUT2D eigenvalue weighted by atomic mass is 9.70. The Morgan fingerprint density at radius 3 is 2.07 bits per heavy atom. The molecule has 0 atom stereocenters. The second-order valence-corrected chi connectivity index (χ2v) is 9.68. The number of benzene rings is 1. The van der Waals surface area contributed by atoms with Crippen LogP contribution < -0.4 is 4.74 Å². The van der Waals surface area contributed by atoms with Gasteiger partial charge in [0.2, 0.25) is 0 Å². The van der Waals surface area contributed by atoms with Gasteiger partial charge in [0.25, 0.3) is 0 Å². The van der Waals surface area contributed by atoms with Gasteiger partial charge in [-0.15, -0.1) is 0 Å². The van der Waals surface area contributed by atoms with E-state index >= 15 is 0 Å². The van der Waals surface area contributed by atoms with Gasteiger partial charge in [-0.1, -0.05) is 64.5 Å². The number of carbonyl (C=O) groups excluding carboxylic acids is 1. The van der Waals surface area contributed by atoms with Crippen molar-refractivity contribution in [3.63, 3.8) is 0 Å². The Kier molecular flexibility index (Phi) is 9.55. The van der Waals surface area contributed by atoms with Gasteiger partial charge in [-0.25, -0.2) is 4.79 Å². The fourth-order valence-corrected chi connectivity index (χ4v) is 5.59. The minimum Gasteiger partial charge on any atom is -0.431 e. The minimum absolute atomic E-state index is 0.0264. The van der Waals surface area contributed by atoms with Crippen molar-refractivity contribution in [2.45, 2.75) is 110 Å². The van der Waals surface area contributed by atoms with Gasteiger partial charge in [0.15, 0.2) is 0 Å². The maximum Gasteiger partial charge on any atom is 0.514 e. The van der Waals surface area contributed by atoms with Crippen molar-refractivity contribution in [3.05, 3.63) is 29.8 Å². The van der Waals surface area contributed by atoms with Crippen molar-refractivity contribution in [3.8, 4) is 5.75 Å². The summed E-state index contributed by atoms with van der Waals surface area (Å²) in [6.07, 6.45) is 17.1. The van der Waals surface area contributed by atoms with Crippen LogP contribution in [0.5, 0.6) is 5.75 Å². The van der Waals surface area contributed by atoms with Gasteiger partial charge in [0.1, 0.15) is 11.9 Å². The Balaban J connectivity index is 1.34. The Hall–Kier alpha value is -1.51. The van der Waals surface area contributed by atoms with E-state index in [1.807, 2.05) is 12.1 Å². The van der Waals surface area contributed by atoms with E-state index in [-0.39, 0.29) is 6.10 Å². The summed E-state index contributed by atoms with van der Waals surface area (Å²) in [7, 11) is 0. The number of ether oxygens (including phenoxy) is 2. The van der Waals surface area contributed by atoms with Crippen LogP contribution >= 0.6 is 0 Å².